The van der Waals surface area contributed by atoms with Gasteiger partial charge in [-0.1, -0.05) is 20.8 Å². The topological polar surface area (TPSA) is 61.8 Å². The Morgan fingerprint density at radius 3 is 2.68 bits per heavy atom. The second-order valence-corrected chi connectivity index (χ2v) is 5.85. The first-order valence-corrected chi connectivity index (χ1v) is 7.22. The number of piperidine rings is 1. The third kappa shape index (κ3) is 4.99. The molecule has 1 aliphatic heterocycles. The minimum Gasteiger partial charge on any atom is -0.453 e. The van der Waals surface area contributed by atoms with Gasteiger partial charge in [-0.2, -0.15) is 0 Å². The highest BCUT2D eigenvalue weighted by atomic mass is 16.5. The van der Waals surface area contributed by atoms with Gasteiger partial charge in [-0.15, -0.1) is 0 Å². The normalized spacial score (nSPS) is 25.5. The van der Waals surface area contributed by atoms with Crippen molar-refractivity contribution in [2.75, 3.05) is 26.7 Å². The van der Waals surface area contributed by atoms with Crippen molar-refractivity contribution < 1.29 is 14.6 Å². The Labute approximate surface area is 116 Å². The number of rotatable bonds is 5. The molecule has 112 valence electrons. The molecule has 2 N–H and O–H groups in total. The van der Waals surface area contributed by atoms with Crippen molar-refractivity contribution in [1.82, 2.24) is 10.2 Å². The van der Waals surface area contributed by atoms with Gasteiger partial charge in [0.2, 0.25) is 0 Å². The second kappa shape index (κ2) is 7.70. The summed E-state index contributed by atoms with van der Waals surface area (Å²) in [6, 6.07) is 0.237. The van der Waals surface area contributed by atoms with E-state index < -0.39 is 0 Å². The summed E-state index contributed by atoms with van der Waals surface area (Å²) in [5.41, 5.74) is 0. The van der Waals surface area contributed by atoms with Crippen molar-refractivity contribution in [3.8, 4) is 0 Å². The fourth-order valence-electron chi connectivity index (χ4n) is 2.58. The Bertz CT molecular complexity index is 284. The first-order valence-electron chi connectivity index (χ1n) is 7.22. The molecule has 0 aromatic heterocycles. The van der Waals surface area contributed by atoms with Crippen molar-refractivity contribution in [1.29, 1.82) is 0 Å². The lowest BCUT2D eigenvalue weighted by atomic mass is 9.88. The van der Waals surface area contributed by atoms with E-state index in [0.717, 1.165) is 19.4 Å². The number of methoxy groups -OCH3 is 1. The number of aliphatic hydroxyl groups excluding tert-OH is 1. The maximum atomic E-state index is 11.7. The van der Waals surface area contributed by atoms with Gasteiger partial charge in [0.15, 0.2) is 0 Å². The number of hydrogen-bond donors (Lipinski definition) is 2. The van der Waals surface area contributed by atoms with Crippen LogP contribution in [-0.2, 0) is 4.74 Å². The third-order valence-electron chi connectivity index (χ3n) is 3.69. The molecule has 3 unspecified atom stereocenters. The number of likely N-dealkylation sites (tertiary alicyclic amines) is 1. The Hall–Kier alpha value is -0.810. The quantitative estimate of drug-likeness (QED) is 0.795. The maximum absolute atomic E-state index is 11.7. The molecule has 5 heteroatoms. The Kier molecular flexibility index (Phi) is 6.58. The Morgan fingerprint density at radius 1 is 1.47 bits per heavy atom. The Balaban J connectivity index is 2.63. The van der Waals surface area contributed by atoms with Gasteiger partial charge in [-0.3, -0.25) is 0 Å². The standard InChI is InChI=1S/C14H28N2O3/c1-5-13(17)11-6-12(15-7-10(2)3)9-16(8-11)14(18)19-4/h10-13,15,17H,5-9H2,1-4H3. The lowest BCUT2D eigenvalue weighted by molar-refractivity contribution is 0.0324. The minimum absolute atomic E-state index is 0.127. The van der Waals surface area contributed by atoms with Crippen molar-refractivity contribution >= 4 is 6.09 Å². The maximum Gasteiger partial charge on any atom is 0.409 e. The highest BCUT2D eigenvalue weighted by Gasteiger charge is 2.33. The Morgan fingerprint density at radius 2 is 2.16 bits per heavy atom. The van der Waals surface area contributed by atoms with Crippen LogP contribution in [0.5, 0.6) is 0 Å². The van der Waals surface area contributed by atoms with Crippen LogP contribution in [0.2, 0.25) is 0 Å². The number of aliphatic hydroxyl groups is 1. The van der Waals surface area contributed by atoms with Crippen LogP contribution in [0.25, 0.3) is 0 Å². The minimum atomic E-state index is -0.351. The molecule has 1 heterocycles. The van der Waals surface area contributed by atoms with Crippen LogP contribution in [0.15, 0.2) is 0 Å². The lowest BCUT2D eigenvalue weighted by Crippen LogP contribution is -2.53. The van der Waals surface area contributed by atoms with E-state index in [1.807, 2.05) is 6.92 Å². The van der Waals surface area contributed by atoms with Crippen LogP contribution in [-0.4, -0.2) is 55.0 Å². The average molecular weight is 272 g/mol. The summed E-state index contributed by atoms with van der Waals surface area (Å²) >= 11 is 0. The zero-order valence-corrected chi connectivity index (χ0v) is 12.6. The van der Waals surface area contributed by atoms with Crippen LogP contribution in [0.4, 0.5) is 4.79 Å². The van der Waals surface area contributed by atoms with E-state index in [0.29, 0.717) is 19.0 Å². The first kappa shape index (κ1) is 16.2. The number of carbonyl (C=O) groups is 1. The predicted molar refractivity (Wildman–Crippen MR) is 75.0 cm³/mol. The van der Waals surface area contributed by atoms with Crippen LogP contribution in [0.3, 0.4) is 0 Å². The molecule has 0 saturated carbocycles. The first-order chi connectivity index (χ1) is 8.97. The van der Waals surface area contributed by atoms with Crippen LogP contribution in [0.1, 0.15) is 33.6 Å². The molecule has 19 heavy (non-hydrogen) atoms. The van der Waals surface area contributed by atoms with E-state index in [-0.39, 0.29) is 24.2 Å². The van der Waals surface area contributed by atoms with E-state index in [2.05, 4.69) is 19.2 Å². The van der Waals surface area contributed by atoms with E-state index in [1.165, 1.54) is 7.11 Å². The second-order valence-electron chi connectivity index (χ2n) is 5.85. The molecule has 1 amide bonds. The summed E-state index contributed by atoms with van der Waals surface area (Å²) in [6.07, 6.45) is 0.978. The third-order valence-corrected chi connectivity index (χ3v) is 3.69. The smallest absolute Gasteiger partial charge is 0.409 e. The van der Waals surface area contributed by atoms with E-state index in [9.17, 15) is 9.90 Å². The van der Waals surface area contributed by atoms with Gasteiger partial charge in [-0.05, 0) is 25.3 Å². The SMILES string of the molecule is CCC(O)C1CC(NCC(C)C)CN(C(=O)OC)C1. The van der Waals surface area contributed by atoms with Gasteiger partial charge in [0.25, 0.3) is 0 Å². The summed E-state index contributed by atoms with van der Waals surface area (Å²) in [6.45, 7) is 8.46. The molecule has 0 radical (unpaired) electrons. The van der Waals surface area contributed by atoms with Crippen molar-refractivity contribution in [3.63, 3.8) is 0 Å². The number of carbonyl (C=O) groups excluding carboxylic acids is 1. The highest BCUT2D eigenvalue weighted by Crippen LogP contribution is 2.22. The molecule has 0 bridgehead atoms. The van der Waals surface area contributed by atoms with Gasteiger partial charge in [0, 0.05) is 25.0 Å². The molecule has 0 aromatic rings. The molecule has 3 atom stereocenters. The number of ether oxygens (including phenoxy) is 1. The highest BCUT2D eigenvalue weighted by molar-refractivity contribution is 5.67. The summed E-state index contributed by atoms with van der Waals surface area (Å²) < 4.78 is 4.80. The van der Waals surface area contributed by atoms with Gasteiger partial charge in [0.1, 0.15) is 0 Å². The van der Waals surface area contributed by atoms with E-state index in [1.54, 1.807) is 4.90 Å². The number of amides is 1. The summed E-state index contributed by atoms with van der Waals surface area (Å²) in [4.78, 5) is 13.4. The molecule has 5 nitrogen and oxygen atoms in total. The average Bonchev–Trinajstić information content (AvgIpc) is 2.42. The molecular weight excluding hydrogens is 244 g/mol. The van der Waals surface area contributed by atoms with Crippen LogP contribution in [0, 0.1) is 11.8 Å². The zero-order chi connectivity index (χ0) is 14.4. The summed E-state index contributed by atoms with van der Waals surface area (Å²) in [7, 11) is 1.40. The van der Waals surface area contributed by atoms with Gasteiger partial charge < -0.3 is 20.1 Å². The van der Waals surface area contributed by atoms with E-state index >= 15 is 0 Å². The van der Waals surface area contributed by atoms with Crippen molar-refractivity contribution in [2.45, 2.75) is 45.8 Å². The molecule has 0 aliphatic carbocycles. The fourth-order valence-corrected chi connectivity index (χ4v) is 2.58. The van der Waals surface area contributed by atoms with Gasteiger partial charge in [-0.25, -0.2) is 4.79 Å². The number of nitrogens with one attached hydrogen (secondary N) is 1. The molecule has 0 spiro atoms. The van der Waals surface area contributed by atoms with Gasteiger partial charge in [0.05, 0.1) is 13.2 Å². The van der Waals surface area contributed by atoms with Gasteiger partial charge >= 0.3 is 6.09 Å². The molecular formula is C14H28N2O3. The summed E-state index contributed by atoms with van der Waals surface area (Å²) in [5.74, 6) is 0.700. The fraction of sp³-hybridized carbons (Fsp3) is 0.929. The lowest BCUT2D eigenvalue weighted by Gasteiger charge is -2.39. The molecule has 1 saturated heterocycles. The molecule has 0 aromatic carbocycles. The van der Waals surface area contributed by atoms with Crippen LogP contribution < -0.4 is 5.32 Å². The zero-order valence-electron chi connectivity index (χ0n) is 12.6. The predicted octanol–water partition coefficient (Wildman–Crippen LogP) is 1.46. The monoisotopic (exact) mass is 272 g/mol. The molecule has 1 rings (SSSR count). The van der Waals surface area contributed by atoms with E-state index in [4.69, 9.17) is 4.74 Å². The summed E-state index contributed by atoms with van der Waals surface area (Å²) in [5, 5.41) is 13.5. The van der Waals surface area contributed by atoms with Crippen molar-refractivity contribution in [3.05, 3.63) is 0 Å². The largest absolute Gasteiger partial charge is 0.453 e. The molecule has 1 fully saturated rings. The number of hydrogen-bond acceptors (Lipinski definition) is 4. The number of nitrogens with zero attached hydrogens (tertiary/aromatic N) is 1. The molecule has 1 aliphatic rings. The van der Waals surface area contributed by atoms with Crippen molar-refractivity contribution in [2.24, 2.45) is 11.8 Å². The van der Waals surface area contributed by atoms with Crippen LogP contribution >= 0.6 is 0 Å².